The molecule has 0 radical (unpaired) electrons. The quantitative estimate of drug-likeness (QED) is 0.789. The second kappa shape index (κ2) is 8.43. The minimum atomic E-state index is -1.03. The van der Waals surface area contributed by atoms with Gasteiger partial charge in [-0.15, -0.1) is 0 Å². The number of hydrogen-bond donors (Lipinski definition) is 1. The van der Waals surface area contributed by atoms with Crippen LogP contribution in [0.1, 0.15) is 27.6 Å². The van der Waals surface area contributed by atoms with E-state index < -0.39 is 23.9 Å². The van der Waals surface area contributed by atoms with Gasteiger partial charge in [-0.05, 0) is 43.3 Å². The Kier molecular flexibility index (Phi) is 5.78. The molecule has 146 valence electrons. The van der Waals surface area contributed by atoms with Crippen molar-refractivity contribution in [2.75, 3.05) is 25.6 Å². The van der Waals surface area contributed by atoms with Gasteiger partial charge in [-0.3, -0.25) is 4.79 Å². The largest absolute Gasteiger partial charge is 0.486 e. The molecule has 8 heteroatoms. The van der Waals surface area contributed by atoms with Crippen molar-refractivity contribution in [3.63, 3.8) is 0 Å². The van der Waals surface area contributed by atoms with Crippen molar-refractivity contribution >= 4 is 23.5 Å². The lowest BCUT2D eigenvalue weighted by atomic mass is 10.1. The molecular weight excluding hydrogens is 366 g/mol. The van der Waals surface area contributed by atoms with Crippen LogP contribution in [0.5, 0.6) is 11.5 Å². The van der Waals surface area contributed by atoms with Crippen molar-refractivity contribution < 1.29 is 33.3 Å². The van der Waals surface area contributed by atoms with Crippen LogP contribution < -0.4 is 14.8 Å². The molecule has 0 aromatic heterocycles. The number of hydrogen-bond acceptors (Lipinski definition) is 7. The van der Waals surface area contributed by atoms with Crippen molar-refractivity contribution in [1.29, 1.82) is 0 Å². The third-order valence-electron chi connectivity index (χ3n) is 4.00. The van der Waals surface area contributed by atoms with Gasteiger partial charge in [0, 0.05) is 11.8 Å². The van der Waals surface area contributed by atoms with E-state index in [-0.39, 0.29) is 5.56 Å². The van der Waals surface area contributed by atoms with Gasteiger partial charge in [0.05, 0.1) is 18.2 Å². The Morgan fingerprint density at radius 3 is 2.18 bits per heavy atom. The normalized spacial score (nSPS) is 13.2. The Bertz CT molecular complexity index is 892. The maximum Gasteiger partial charge on any atom is 0.338 e. The molecule has 3 rings (SSSR count). The number of fused-ring (bicyclic) bond motifs is 1. The number of methoxy groups -OCH3 is 1. The smallest absolute Gasteiger partial charge is 0.338 e. The molecular formula is C20H19NO7. The first kappa shape index (κ1) is 19.2. The monoisotopic (exact) mass is 385 g/mol. The lowest BCUT2D eigenvalue weighted by Crippen LogP contribution is -2.30. The Hall–Kier alpha value is -3.55. The van der Waals surface area contributed by atoms with Crippen LogP contribution in [-0.4, -0.2) is 44.3 Å². The fourth-order valence-electron chi connectivity index (χ4n) is 2.51. The zero-order valence-corrected chi connectivity index (χ0v) is 15.4. The highest BCUT2D eigenvalue weighted by molar-refractivity contribution is 5.98. The standard InChI is InChI=1S/C20H19NO7/c1-12(28-20(24)14-5-3-13(4-6-14)19(23)25-2)18(22)21-15-7-8-16-17(11-15)27-10-9-26-16/h3-8,11-12H,9-10H2,1-2H3,(H,21,22). The molecule has 0 aliphatic carbocycles. The molecule has 8 nitrogen and oxygen atoms in total. The highest BCUT2D eigenvalue weighted by Crippen LogP contribution is 2.32. The van der Waals surface area contributed by atoms with E-state index in [1.807, 2.05) is 0 Å². The SMILES string of the molecule is COC(=O)c1ccc(C(=O)OC(C)C(=O)Nc2ccc3c(c2)OCCO3)cc1. The molecule has 1 heterocycles. The van der Waals surface area contributed by atoms with Crippen molar-refractivity contribution in [2.45, 2.75) is 13.0 Å². The number of rotatable bonds is 5. The van der Waals surface area contributed by atoms with Gasteiger partial charge in [0.15, 0.2) is 17.6 Å². The molecule has 0 bridgehead atoms. The fourth-order valence-corrected chi connectivity index (χ4v) is 2.51. The van der Waals surface area contributed by atoms with E-state index in [2.05, 4.69) is 10.1 Å². The summed E-state index contributed by atoms with van der Waals surface area (Å²) < 4.78 is 20.7. The third kappa shape index (κ3) is 4.40. The molecule has 1 atom stereocenters. The minimum Gasteiger partial charge on any atom is -0.486 e. The number of anilines is 1. The molecule has 2 aromatic carbocycles. The fraction of sp³-hybridized carbons (Fsp3) is 0.250. The zero-order chi connectivity index (χ0) is 20.1. The van der Waals surface area contributed by atoms with Crippen molar-refractivity contribution in [1.82, 2.24) is 0 Å². The lowest BCUT2D eigenvalue weighted by molar-refractivity contribution is -0.123. The van der Waals surface area contributed by atoms with Crippen LogP contribution in [0, 0.1) is 0 Å². The molecule has 1 aliphatic rings. The van der Waals surface area contributed by atoms with Gasteiger partial charge < -0.3 is 24.3 Å². The van der Waals surface area contributed by atoms with Crippen LogP contribution >= 0.6 is 0 Å². The number of amides is 1. The van der Waals surface area contributed by atoms with E-state index in [9.17, 15) is 14.4 Å². The Morgan fingerprint density at radius 2 is 1.54 bits per heavy atom. The number of nitrogens with one attached hydrogen (secondary N) is 1. The average molecular weight is 385 g/mol. The Balaban J connectivity index is 1.59. The summed E-state index contributed by atoms with van der Waals surface area (Å²) >= 11 is 0. The van der Waals surface area contributed by atoms with E-state index in [1.165, 1.54) is 38.3 Å². The van der Waals surface area contributed by atoms with Gasteiger partial charge in [-0.25, -0.2) is 9.59 Å². The van der Waals surface area contributed by atoms with Crippen molar-refractivity contribution in [3.05, 3.63) is 53.6 Å². The molecule has 1 aliphatic heterocycles. The van der Waals surface area contributed by atoms with Crippen LogP contribution in [0.4, 0.5) is 5.69 Å². The second-order valence-electron chi connectivity index (χ2n) is 5.96. The lowest BCUT2D eigenvalue weighted by Gasteiger charge is -2.19. The second-order valence-corrected chi connectivity index (χ2v) is 5.96. The molecule has 2 aromatic rings. The van der Waals surface area contributed by atoms with Gasteiger partial charge in [-0.2, -0.15) is 0 Å². The summed E-state index contributed by atoms with van der Waals surface area (Å²) in [6.45, 7) is 2.38. The van der Waals surface area contributed by atoms with Gasteiger partial charge in [0.1, 0.15) is 13.2 Å². The maximum atomic E-state index is 12.3. The van der Waals surface area contributed by atoms with Crippen LogP contribution in [0.25, 0.3) is 0 Å². The first-order valence-electron chi connectivity index (χ1n) is 8.58. The molecule has 28 heavy (non-hydrogen) atoms. The maximum absolute atomic E-state index is 12.3. The zero-order valence-electron chi connectivity index (χ0n) is 15.4. The van der Waals surface area contributed by atoms with E-state index in [4.69, 9.17) is 14.2 Å². The third-order valence-corrected chi connectivity index (χ3v) is 4.00. The Morgan fingerprint density at radius 1 is 0.929 bits per heavy atom. The molecule has 0 fully saturated rings. The van der Waals surface area contributed by atoms with E-state index in [0.29, 0.717) is 36.0 Å². The number of esters is 2. The van der Waals surface area contributed by atoms with Gasteiger partial charge in [-0.1, -0.05) is 0 Å². The predicted octanol–water partition coefficient (Wildman–Crippen LogP) is 2.43. The first-order chi connectivity index (χ1) is 13.5. The number of benzene rings is 2. The number of ether oxygens (including phenoxy) is 4. The Labute approximate surface area is 161 Å². The average Bonchev–Trinajstić information content (AvgIpc) is 2.73. The van der Waals surface area contributed by atoms with Crippen LogP contribution in [-0.2, 0) is 14.3 Å². The summed E-state index contributed by atoms with van der Waals surface area (Å²) in [5.74, 6) is -0.525. The summed E-state index contributed by atoms with van der Waals surface area (Å²) in [5, 5.41) is 2.67. The summed E-state index contributed by atoms with van der Waals surface area (Å²) in [6, 6.07) is 10.8. The van der Waals surface area contributed by atoms with Crippen LogP contribution in [0.3, 0.4) is 0 Å². The van der Waals surface area contributed by atoms with Crippen molar-refractivity contribution in [3.8, 4) is 11.5 Å². The minimum absolute atomic E-state index is 0.214. The summed E-state index contributed by atoms with van der Waals surface area (Å²) in [7, 11) is 1.27. The van der Waals surface area contributed by atoms with Crippen molar-refractivity contribution in [2.24, 2.45) is 0 Å². The molecule has 1 N–H and O–H groups in total. The first-order valence-corrected chi connectivity index (χ1v) is 8.58. The topological polar surface area (TPSA) is 100 Å². The predicted molar refractivity (Wildman–Crippen MR) is 98.7 cm³/mol. The number of carbonyl (C=O) groups is 3. The number of carbonyl (C=O) groups excluding carboxylic acids is 3. The van der Waals surface area contributed by atoms with Crippen LogP contribution in [0.2, 0.25) is 0 Å². The summed E-state index contributed by atoms with van der Waals surface area (Å²) in [4.78, 5) is 35.9. The molecule has 0 spiro atoms. The van der Waals surface area contributed by atoms with Gasteiger partial charge >= 0.3 is 11.9 Å². The summed E-state index contributed by atoms with van der Waals surface area (Å²) in [5.41, 5.74) is 1.02. The van der Waals surface area contributed by atoms with Crippen LogP contribution in [0.15, 0.2) is 42.5 Å². The molecule has 1 amide bonds. The van der Waals surface area contributed by atoms with Gasteiger partial charge in [0.2, 0.25) is 0 Å². The molecule has 0 saturated carbocycles. The summed E-state index contributed by atoms with van der Waals surface area (Å²) in [6.07, 6.45) is -1.03. The van der Waals surface area contributed by atoms with E-state index >= 15 is 0 Å². The highest BCUT2D eigenvalue weighted by atomic mass is 16.6. The molecule has 0 saturated heterocycles. The molecule has 1 unspecified atom stereocenters. The van der Waals surface area contributed by atoms with E-state index in [0.717, 1.165) is 0 Å². The van der Waals surface area contributed by atoms with E-state index in [1.54, 1.807) is 18.2 Å². The highest BCUT2D eigenvalue weighted by Gasteiger charge is 2.20. The van der Waals surface area contributed by atoms with Gasteiger partial charge in [0.25, 0.3) is 5.91 Å².